The molecular weight excluding hydrogens is 272 g/mol. The van der Waals surface area contributed by atoms with Crippen molar-refractivity contribution in [1.29, 1.82) is 0 Å². The SMILES string of the molecule is CCc1cc(C)cc(C(C)c2cc(C)cc(CC)c2O)c1O. The summed E-state index contributed by atoms with van der Waals surface area (Å²) in [6.07, 6.45) is 1.60. The van der Waals surface area contributed by atoms with Crippen molar-refractivity contribution in [2.75, 3.05) is 0 Å². The van der Waals surface area contributed by atoms with Crippen LogP contribution < -0.4 is 0 Å². The molecule has 22 heavy (non-hydrogen) atoms. The maximum Gasteiger partial charge on any atom is 0.122 e. The molecule has 0 aliphatic rings. The van der Waals surface area contributed by atoms with Crippen molar-refractivity contribution < 1.29 is 10.2 Å². The van der Waals surface area contributed by atoms with Crippen LogP contribution >= 0.6 is 0 Å². The highest BCUT2D eigenvalue weighted by Crippen LogP contribution is 2.39. The van der Waals surface area contributed by atoms with E-state index in [0.717, 1.165) is 46.2 Å². The van der Waals surface area contributed by atoms with Crippen LogP contribution in [-0.2, 0) is 12.8 Å². The van der Waals surface area contributed by atoms with Crippen LogP contribution in [0.4, 0.5) is 0 Å². The zero-order valence-corrected chi connectivity index (χ0v) is 14.2. The molecule has 0 bridgehead atoms. The monoisotopic (exact) mass is 298 g/mol. The van der Waals surface area contributed by atoms with Gasteiger partial charge >= 0.3 is 0 Å². The second-order valence-electron chi connectivity index (χ2n) is 6.15. The average Bonchev–Trinajstić information content (AvgIpc) is 2.50. The fourth-order valence-corrected chi connectivity index (χ4v) is 3.13. The van der Waals surface area contributed by atoms with Gasteiger partial charge in [0.25, 0.3) is 0 Å². The van der Waals surface area contributed by atoms with Gasteiger partial charge in [-0.05, 0) is 37.8 Å². The Morgan fingerprint density at radius 2 is 1.14 bits per heavy atom. The highest BCUT2D eigenvalue weighted by Gasteiger charge is 2.20. The predicted molar refractivity (Wildman–Crippen MR) is 92.0 cm³/mol. The zero-order valence-electron chi connectivity index (χ0n) is 14.2. The summed E-state index contributed by atoms with van der Waals surface area (Å²) in [5.41, 5.74) is 5.98. The van der Waals surface area contributed by atoms with Gasteiger partial charge in [0, 0.05) is 17.0 Å². The Morgan fingerprint density at radius 1 is 0.773 bits per heavy atom. The standard InChI is InChI=1S/C20H26O2/c1-6-15-8-12(3)10-17(19(15)21)14(5)18-11-13(4)9-16(7-2)20(18)22/h8-11,14,21-22H,6-7H2,1-5H3. The van der Waals surface area contributed by atoms with E-state index in [-0.39, 0.29) is 5.92 Å². The molecule has 0 atom stereocenters. The number of rotatable bonds is 4. The minimum atomic E-state index is -0.0459. The van der Waals surface area contributed by atoms with Crippen LogP contribution in [0.5, 0.6) is 11.5 Å². The molecule has 0 aliphatic heterocycles. The summed E-state index contributed by atoms with van der Waals surface area (Å²) in [6.45, 7) is 10.2. The second kappa shape index (κ2) is 6.43. The first kappa shape index (κ1) is 16.4. The molecule has 2 aromatic carbocycles. The number of hydrogen-bond acceptors (Lipinski definition) is 2. The van der Waals surface area contributed by atoms with E-state index in [4.69, 9.17) is 0 Å². The first-order valence-corrected chi connectivity index (χ1v) is 8.03. The fraction of sp³-hybridized carbons (Fsp3) is 0.400. The zero-order chi connectivity index (χ0) is 16.4. The molecule has 0 saturated heterocycles. The van der Waals surface area contributed by atoms with Crippen molar-refractivity contribution in [1.82, 2.24) is 0 Å². The molecule has 0 spiro atoms. The summed E-state index contributed by atoms with van der Waals surface area (Å²) in [5.74, 6) is 0.675. The van der Waals surface area contributed by atoms with Crippen LogP contribution in [0.15, 0.2) is 24.3 Å². The van der Waals surface area contributed by atoms with Crippen molar-refractivity contribution in [3.8, 4) is 11.5 Å². The Kier molecular flexibility index (Phi) is 4.80. The van der Waals surface area contributed by atoms with Crippen LogP contribution in [0.2, 0.25) is 0 Å². The van der Waals surface area contributed by atoms with Crippen LogP contribution in [0.25, 0.3) is 0 Å². The Balaban J connectivity index is 2.60. The quantitative estimate of drug-likeness (QED) is 0.834. The molecule has 0 heterocycles. The molecule has 0 aromatic heterocycles. The number of benzene rings is 2. The Bertz CT molecular complexity index is 627. The number of aryl methyl sites for hydroxylation is 4. The van der Waals surface area contributed by atoms with Crippen molar-refractivity contribution in [3.05, 3.63) is 57.6 Å². The van der Waals surface area contributed by atoms with Crippen molar-refractivity contribution in [2.24, 2.45) is 0 Å². The normalized spacial score (nSPS) is 11.2. The first-order chi connectivity index (χ1) is 10.4. The van der Waals surface area contributed by atoms with Crippen LogP contribution in [0, 0.1) is 13.8 Å². The van der Waals surface area contributed by atoms with Crippen molar-refractivity contribution in [3.63, 3.8) is 0 Å². The van der Waals surface area contributed by atoms with Gasteiger partial charge in [0.05, 0.1) is 0 Å². The number of aromatic hydroxyl groups is 2. The average molecular weight is 298 g/mol. The third kappa shape index (κ3) is 2.96. The number of phenolic OH excluding ortho intramolecular Hbond substituents is 2. The van der Waals surface area contributed by atoms with E-state index in [2.05, 4.69) is 0 Å². The molecule has 2 heteroatoms. The molecule has 0 fully saturated rings. The summed E-state index contributed by atoms with van der Waals surface area (Å²) in [4.78, 5) is 0. The molecule has 2 aromatic rings. The molecule has 0 radical (unpaired) electrons. The van der Waals surface area contributed by atoms with E-state index in [0.29, 0.717) is 11.5 Å². The summed E-state index contributed by atoms with van der Waals surface area (Å²) < 4.78 is 0. The van der Waals surface area contributed by atoms with Gasteiger partial charge < -0.3 is 10.2 Å². The van der Waals surface area contributed by atoms with Gasteiger partial charge in [0.1, 0.15) is 11.5 Å². The van der Waals surface area contributed by atoms with Crippen molar-refractivity contribution >= 4 is 0 Å². The maximum absolute atomic E-state index is 10.6. The first-order valence-electron chi connectivity index (χ1n) is 8.03. The van der Waals surface area contributed by atoms with Crippen LogP contribution in [-0.4, -0.2) is 10.2 Å². The summed E-state index contributed by atoms with van der Waals surface area (Å²) in [7, 11) is 0. The molecular formula is C20H26O2. The van der Waals surface area contributed by atoms with E-state index in [1.807, 2.05) is 58.9 Å². The van der Waals surface area contributed by atoms with E-state index in [1.165, 1.54) is 0 Å². The maximum atomic E-state index is 10.6. The molecule has 0 amide bonds. The predicted octanol–water partition coefficient (Wildman–Crippen LogP) is 4.99. The Morgan fingerprint density at radius 3 is 1.45 bits per heavy atom. The van der Waals surface area contributed by atoms with Gasteiger partial charge in [-0.1, -0.05) is 56.2 Å². The summed E-state index contributed by atoms with van der Waals surface area (Å²) in [6, 6.07) is 8.09. The second-order valence-corrected chi connectivity index (χ2v) is 6.15. The third-order valence-corrected chi connectivity index (χ3v) is 4.42. The van der Waals surface area contributed by atoms with Gasteiger partial charge in [-0.25, -0.2) is 0 Å². The molecule has 2 N–H and O–H groups in total. The molecule has 2 nitrogen and oxygen atoms in total. The topological polar surface area (TPSA) is 40.5 Å². The highest BCUT2D eigenvalue weighted by atomic mass is 16.3. The van der Waals surface area contributed by atoms with Crippen LogP contribution in [0.3, 0.4) is 0 Å². The lowest BCUT2D eigenvalue weighted by Crippen LogP contribution is -2.02. The molecule has 0 saturated carbocycles. The van der Waals surface area contributed by atoms with Gasteiger partial charge in [-0.15, -0.1) is 0 Å². The Labute approximate surface area is 133 Å². The number of phenols is 2. The summed E-state index contributed by atoms with van der Waals surface area (Å²) >= 11 is 0. The largest absolute Gasteiger partial charge is 0.507 e. The molecule has 118 valence electrons. The fourth-order valence-electron chi connectivity index (χ4n) is 3.13. The molecule has 2 rings (SSSR count). The van der Waals surface area contributed by atoms with Crippen molar-refractivity contribution in [2.45, 2.75) is 53.4 Å². The molecule has 0 aliphatic carbocycles. The third-order valence-electron chi connectivity index (χ3n) is 4.42. The smallest absolute Gasteiger partial charge is 0.122 e. The van der Waals surface area contributed by atoms with Gasteiger partial charge in [-0.2, -0.15) is 0 Å². The minimum absolute atomic E-state index is 0.0459. The van der Waals surface area contributed by atoms with E-state index in [1.54, 1.807) is 0 Å². The lowest BCUT2D eigenvalue weighted by Gasteiger charge is -2.20. The lowest BCUT2D eigenvalue weighted by atomic mass is 9.86. The number of hydrogen-bond donors (Lipinski definition) is 2. The highest BCUT2D eigenvalue weighted by molar-refractivity contribution is 5.53. The van der Waals surface area contributed by atoms with E-state index >= 15 is 0 Å². The minimum Gasteiger partial charge on any atom is -0.507 e. The van der Waals surface area contributed by atoms with E-state index < -0.39 is 0 Å². The van der Waals surface area contributed by atoms with Gasteiger partial charge in [0.15, 0.2) is 0 Å². The van der Waals surface area contributed by atoms with Gasteiger partial charge in [0.2, 0.25) is 0 Å². The Hall–Kier alpha value is -1.96. The molecule has 0 unspecified atom stereocenters. The lowest BCUT2D eigenvalue weighted by molar-refractivity contribution is 0.450. The van der Waals surface area contributed by atoms with Gasteiger partial charge in [-0.3, -0.25) is 0 Å². The van der Waals surface area contributed by atoms with E-state index in [9.17, 15) is 10.2 Å². The summed E-state index contributed by atoms with van der Waals surface area (Å²) in [5, 5.41) is 21.1. The van der Waals surface area contributed by atoms with Crippen LogP contribution in [0.1, 0.15) is 60.1 Å².